The van der Waals surface area contributed by atoms with Crippen LogP contribution in [0.5, 0.6) is 0 Å². The van der Waals surface area contributed by atoms with E-state index in [9.17, 15) is 22.8 Å². The van der Waals surface area contributed by atoms with Gasteiger partial charge in [0, 0.05) is 37.2 Å². The van der Waals surface area contributed by atoms with Crippen LogP contribution in [-0.2, 0) is 22.1 Å². The predicted octanol–water partition coefficient (Wildman–Crippen LogP) is 3.75. The number of piperazine rings is 1. The number of nitrogens with one attached hydrogen (secondary N) is 1. The minimum absolute atomic E-state index is 0.0835. The Hall–Kier alpha value is -2.82. The lowest BCUT2D eigenvalue weighted by Crippen LogP contribution is -2.51. The van der Waals surface area contributed by atoms with Crippen LogP contribution < -0.4 is 5.32 Å². The van der Waals surface area contributed by atoms with Crippen LogP contribution in [0.4, 0.5) is 28.8 Å². The van der Waals surface area contributed by atoms with E-state index in [1.807, 2.05) is 0 Å². The maximum atomic E-state index is 12.8. The number of alkyl halides is 3. The van der Waals surface area contributed by atoms with Crippen molar-refractivity contribution >= 4 is 34.2 Å². The van der Waals surface area contributed by atoms with Crippen LogP contribution in [0.25, 0.3) is 0 Å². The first-order valence-corrected chi connectivity index (χ1v) is 10.2. The Morgan fingerprint density at radius 3 is 2.57 bits per heavy atom. The highest BCUT2D eigenvalue weighted by atomic mass is 32.1. The number of benzene rings is 1. The van der Waals surface area contributed by atoms with Gasteiger partial charge < -0.3 is 19.9 Å². The second-order valence-electron chi connectivity index (χ2n) is 6.59. The number of carbonyl (C=O) groups excluding carboxylic acids is 2. The van der Waals surface area contributed by atoms with Gasteiger partial charge in [-0.25, -0.2) is 9.78 Å². The second kappa shape index (κ2) is 9.33. The minimum Gasteiger partial charge on any atom is -0.450 e. The van der Waals surface area contributed by atoms with Gasteiger partial charge in [-0.15, -0.1) is 11.3 Å². The van der Waals surface area contributed by atoms with E-state index in [4.69, 9.17) is 4.74 Å². The summed E-state index contributed by atoms with van der Waals surface area (Å²) in [4.78, 5) is 31.7. The van der Waals surface area contributed by atoms with Crippen LogP contribution in [0.1, 0.15) is 18.2 Å². The fourth-order valence-electron chi connectivity index (χ4n) is 2.96. The average molecular weight is 442 g/mol. The van der Waals surface area contributed by atoms with Crippen LogP contribution >= 0.6 is 11.3 Å². The summed E-state index contributed by atoms with van der Waals surface area (Å²) in [5.74, 6) is -0.116. The lowest BCUT2D eigenvalue weighted by atomic mass is 10.2. The molecule has 1 aliphatic heterocycles. The molecule has 0 bridgehead atoms. The molecule has 2 amide bonds. The van der Waals surface area contributed by atoms with E-state index in [0.717, 1.165) is 12.1 Å². The van der Waals surface area contributed by atoms with E-state index in [1.165, 1.54) is 23.5 Å². The van der Waals surface area contributed by atoms with Gasteiger partial charge in [0.2, 0.25) is 5.91 Å². The normalized spacial score (nSPS) is 14.5. The van der Waals surface area contributed by atoms with Crippen molar-refractivity contribution in [3.05, 3.63) is 40.9 Å². The number of rotatable bonds is 5. The molecule has 1 fully saturated rings. The van der Waals surface area contributed by atoms with Crippen LogP contribution in [-0.4, -0.2) is 59.6 Å². The van der Waals surface area contributed by atoms with Gasteiger partial charge in [0.15, 0.2) is 5.13 Å². The Bertz CT molecular complexity index is 895. The molecule has 0 radical (unpaired) electrons. The summed E-state index contributed by atoms with van der Waals surface area (Å²) < 4.78 is 43.4. The number of nitrogens with zero attached hydrogens (tertiary/aromatic N) is 3. The summed E-state index contributed by atoms with van der Waals surface area (Å²) in [6, 6.07) is 4.84. The molecule has 1 N–H and O–H groups in total. The first kappa shape index (κ1) is 21.9. The molecule has 30 heavy (non-hydrogen) atoms. The third kappa shape index (κ3) is 5.62. The molecule has 0 saturated carbocycles. The van der Waals surface area contributed by atoms with Crippen molar-refractivity contribution in [3.63, 3.8) is 0 Å². The molecule has 1 aliphatic rings. The van der Waals surface area contributed by atoms with Crippen molar-refractivity contribution in [2.24, 2.45) is 0 Å². The van der Waals surface area contributed by atoms with Crippen molar-refractivity contribution in [1.82, 2.24) is 14.8 Å². The quantitative estimate of drug-likeness (QED) is 0.764. The zero-order chi connectivity index (χ0) is 21.7. The standard InChI is InChI=1S/C19H21F3N4O3S/c1-2-29-18(28)26-8-6-25(7-9-26)16(27)11-15-12-30-17(24-15)23-14-5-3-4-13(10-14)19(20,21)22/h3-5,10,12H,2,6-9,11H2,1H3,(H,23,24). The summed E-state index contributed by atoms with van der Waals surface area (Å²) in [5.41, 5.74) is 0.0563. The number of carbonyl (C=O) groups is 2. The number of amides is 2. The smallest absolute Gasteiger partial charge is 0.416 e. The van der Waals surface area contributed by atoms with Crippen LogP contribution in [0.3, 0.4) is 0 Å². The SMILES string of the molecule is CCOC(=O)N1CCN(C(=O)Cc2csc(Nc3cccc(C(F)(F)F)c3)n2)CC1. The van der Waals surface area contributed by atoms with Gasteiger partial charge in [0.1, 0.15) is 0 Å². The maximum absolute atomic E-state index is 12.8. The van der Waals surface area contributed by atoms with Gasteiger partial charge in [-0.2, -0.15) is 13.2 Å². The average Bonchev–Trinajstić information content (AvgIpc) is 3.14. The molecule has 0 unspecified atom stereocenters. The van der Waals surface area contributed by atoms with Crippen molar-refractivity contribution in [2.45, 2.75) is 19.5 Å². The van der Waals surface area contributed by atoms with Crippen LogP contribution in [0.15, 0.2) is 29.6 Å². The topological polar surface area (TPSA) is 74.8 Å². The molecule has 1 aromatic heterocycles. The number of hydrogen-bond donors (Lipinski definition) is 1. The fourth-order valence-corrected chi connectivity index (χ4v) is 3.69. The van der Waals surface area contributed by atoms with Crippen LogP contribution in [0, 0.1) is 0 Å². The summed E-state index contributed by atoms with van der Waals surface area (Å²) >= 11 is 1.21. The lowest BCUT2D eigenvalue weighted by Gasteiger charge is -2.34. The van der Waals surface area contributed by atoms with Gasteiger partial charge in [-0.3, -0.25) is 4.79 Å². The molecule has 11 heteroatoms. The van der Waals surface area contributed by atoms with Crippen molar-refractivity contribution in [1.29, 1.82) is 0 Å². The van der Waals surface area contributed by atoms with Gasteiger partial charge in [0.25, 0.3) is 0 Å². The van der Waals surface area contributed by atoms with E-state index >= 15 is 0 Å². The van der Waals surface area contributed by atoms with E-state index in [0.29, 0.717) is 43.6 Å². The number of hydrogen-bond acceptors (Lipinski definition) is 6. The number of anilines is 2. The molecule has 3 rings (SSSR count). The first-order valence-electron chi connectivity index (χ1n) is 9.34. The molecule has 7 nitrogen and oxygen atoms in total. The molecule has 0 spiro atoms. The lowest BCUT2D eigenvalue weighted by molar-refractivity contribution is -0.137. The zero-order valence-electron chi connectivity index (χ0n) is 16.2. The molecule has 2 aromatic rings. The van der Waals surface area contributed by atoms with Crippen molar-refractivity contribution < 1.29 is 27.5 Å². The number of halogens is 3. The Balaban J connectivity index is 1.53. The summed E-state index contributed by atoms with van der Waals surface area (Å²) in [7, 11) is 0. The van der Waals surface area contributed by atoms with E-state index in [1.54, 1.807) is 22.1 Å². The molecular formula is C19H21F3N4O3S. The number of thiazole rings is 1. The molecule has 2 heterocycles. The Morgan fingerprint density at radius 1 is 1.20 bits per heavy atom. The van der Waals surface area contributed by atoms with Gasteiger partial charge in [-0.1, -0.05) is 6.07 Å². The minimum atomic E-state index is -4.42. The van der Waals surface area contributed by atoms with Gasteiger partial charge >= 0.3 is 12.3 Å². The Labute approximate surface area is 175 Å². The Morgan fingerprint density at radius 2 is 1.90 bits per heavy atom. The summed E-state index contributed by atoms with van der Waals surface area (Å²) in [5, 5.41) is 4.95. The Kier molecular flexibility index (Phi) is 6.80. The highest BCUT2D eigenvalue weighted by Gasteiger charge is 2.30. The highest BCUT2D eigenvalue weighted by Crippen LogP contribution is 2.31. The first-order chi connectivity index (χ1) is 14.3. The van der Waals surface area contributed by atoms with E-state index in [-0.39, 0.29) is 24.1 Å². The molecule has 162 valence electrons. The molecule has 0 atom stereocenters. The predicted molar refractivity (Wildman–Crippen MR) is 106 cm³/mol. The summed E-state index contributed by atoms with van der Waals surface area (Å²) in [6.07, 6.45) is -4.72. The zero-order valence-corrected chi connectivity index (χ0v) is 17.1. The third-order valence-electron chi connectivity index (χ3n) is 4.48. The van der Waals surface area contributed by atoms with E-state index < -0.39 is 11.7 Å². The molecule has 1 saturated heterocycles. The highest BCUT2D eigenvalue weighted by molar-refractivity contribution is 7.13. The third-order valence-corrected chi connectivity index (χ3v) is 5.29. The monoisotopic (exact) mass is 442 g/mol. The van der Waals surface area contributed by atoms with Crippen molar-refractivity contribution in [3.8, 4) is 0 Å². The molecule has 0 aliphatic carbocycles. The largest absolute Gasteiger partial charge is 0.450 e. The number of ether oxygens (including phenoxy) is 1. The van der Waals surface area contributed by atoms with Gasteiger partial charge in [0.05, 0.1) is 24.3 Å². The van der Waals surface area contributed by atoms with Gasteiger partial charge in [-0.05, 0) is 25.1 Å². The van der Waals surface area contributed by atoms with Crippen LogP contribution in [0.2, 0.25) is 0 Å². The second-order valence-corrected chi connectivity index (χ2v) is 7.45. The maximum Gasteiger partial charge on any atom is 0.416 e. The molecular weight excluding hydrogens is 421 g/mol. The summed E-state index contributed by atoms with van der Waals surface area (Å²) in [6.45, 7) is 3.68. The van der Waals surface area contributed by atoms with E-state index in [2.05, 4.69) is 10.3 Å². The fraction of sp³-hybridized carbons (Fsp3) is 0.421. The number of aromatic nitrogens is 1. The van der Waals surface area contributed by atoms with Crippen molar-refractivity contribution in [2.75, 3.05) is 38.1 Å². The molecule has 1 aromatic carbocycles.